The van der Waals surface area contributed by atoms with E-state index in [1.807, 2.05) is 0 Å². The first kappa shape index (κ1) is 18.1. The number of aromatic nitrogens is 2. The second-order valence-electron chi connectivity index (χ2n) is 6.60. The van der Waals surface area contributed by atoms with E-state index in [2.05, 4.69) is 41.2 Å². The predicted molar refractivity (Wildman–Crippen MR) is 97.8 cm³/mol. The molecule has 1 aliphatic heterocycles. The summed E-state index contributed by atoms with van der Waals surface area (Å²) in [4.78, 5) is 2.63. The van der Waals surface area contributed by atoms with Gasteiger partial charge in [-0.2, -0.15) is 9.40 Å². The number of nitrogens with zero attached hydrogens (tertiary/aromatic N) is 4. The second-order valence-corrected chi connectivity index (χ2v) is 8.51. The molecule has 7 heteroatoms. The highest BCUT2D eigenvalue weighted by atomic mass is 32.2. The van der Waals surface area contributed by atoms with Crippen molar-refractivity contribution in [3.8, 4) is 0 Å². The van der Waals surface area contributed by atoms with Crippen LogP contribution in [-0.4, -0.2) is 53.6 Å². The maximum Gasteiger partial charge on any atom is 0.246 e. The molecule has 1 aromatic carbocycles. The Morgan fingerprint density at radius 2 is 1.64 bits per heavy atom. The van der Waals surface area contributed by atoms with Crippen LogP contribution >= 0.6 is 0 Å². The Labute approximate surface area is 150 Å². The molecule has 0 spiro atoms. The van der Waals surface area contributed by atoms with Gasteiger partial charge in [-0.15, -0.1) is 0 Å². The van der Waals surface area contributed by atoms with Crippen molar-refractivity contribution < 1.29 is 8.42 Å². The predicted octanol–water partition coefficient (Wildman–Crippen LogP) is 1.80. The molecule has 0 saturated carbocycles. The van der Waals surface area contributed by atoms with Crippen LogP contribution in [0.4, 0.5) is 0 Å². The minimum atomic E-state index is -3.45. The molecule has 1 saturated heterocycles. The van der Waals surface area contributed by atoms with E-state index in [1.165, 1.54) is 11.1 Å². The highest BCUT2D eigenvalue weighted by Crippen LogP contribution is 2.20. The SMILES string of the molecule is CCc1ccc(CN2CCN(S(=O)(=O)c3cn(C)nc3C)CC2)cc1. The summed E-state index contributed by atoms with van der Waals surface area (Å²) < 4.78 is 28.8. The summed E-state index contributed by atoms with van der Waals surface area (Å²) in [6.45, 7) is 7.28. The molecule has 3 rings (SSSR count). The Bertz CT molecular complexity index is 819. The Balaban J connectivity index is 1.62. The van der Waals surface area contributed by atoms with Crippen molar-refractivity contribution in [2.75, 3.05) is 26.2 Å². The quantitative estimate of drug-likeness (QED) is 0.814. The molecule has 1 fully saturated rings. The first-order valence-electron chi connectivity index (χ1n) is 8.70. The van der Waals surface area contributed by atoms with Crippen LogP contribution in [-0.2, 0) is 30.0 Å². The highest BCUT2D eigenvalue weighted by Gasteiger charge is 2.30. The summed E-state index contributed by atoms with van der Waals surface area (Å²) >= 11 is 0. The van der Waals surface area contributed by atoms with E-state index in [1.54, 1.807) is 29.2 Å². The van der Waals surface area contributed by atoms with Crippen LogP contribution in [0.3, 0.4) is 0 Å². The molecule has 0 radical (unpaired) electrons. The van der Waals surface area contributed by atoms with Gasteiger partial charge in [-0.05, 0) is 24.5 Å². The summed E-state index contributed by atoms with van der Waals surface area (Å²) in [6, 6.07) is 8.67. The number of piperazine rings is 1. The average molecular weight is 362 g/mol. The van der Waals surface area contributed by atoms with E-state index >= 15 is 0 Å². The van der Waals surface area contributed by atoms with Gasteiger partial charge in [-0.1, -0.05) is 31.2 Å². The molecular formula is C18H26N4O2S. The lowest BCUT2D eigenvalue weighted by Crippen LogP contribution is -2.48. The Hall–Kier alpha value is -1.70. The van der Waals surface area contributed by atoms with E-state index in [0.717, 1.165) is 26.1 Å². The van der Waals surface area contributed by atoms with Gasteiger partial charge in [0.1, 0.15) is 4.90 Å². The first-order valence-corrected chi connectivity index (χ1v) is 10.1. The average Bonchev–Trinajstić information content (AvgIpc) is 2.95. The van der Waals surface area contributed by atoms with Gasteiger partial charge >= 0.3 is 0 Å². The number of aryl methyl sites for hydroxylation is 3. The van der Waals surface area contributed by atoms with E-state index in [0.29, 0.717) is 23.7 Å². The maximum absolute atomic E-state index is 12.8. The molecule has 25 heavy (non-hydrogen) atoms. The van der Waals surface area contributed by atoms with Crippen LogP contribution in [0.2, 0.25) is 0 Å². The molecule has 0 atom stereocenters. The third-order valence-corrected chi connectivity index (χ3v) is 6.76. The summed E-state index contributed by atoms with van der Waals surface area (Å²) in [6.07, 6.45) is 2.64. The molecule has 2 aromatic rings. The normalized spacial score (nSPS) is 17.1. The van der Waals surface area contributed by atoms with Crippen LogP contribution in [0.1, 0.15) is 23.7 Å². The standard InChI is InChI=1S/C18H26N4O2S/c1-4-16-5-7-17(8-6-16)13-21-9-11-22(12-10-21)25(23,24)18-14-20(3)19-15(18)2/h5-8,14H,4,9-13H2,1-3H3. The molecule has 1 aromatic heterocycles. The van der Waals surface area contributed by atoms with Crippen LogP contribution in [0.25, 0.3) is 0 Å². The van der Waals surface area contributed by atoms with Gasteiger partial charge in [-0.25, -0.2) is 8.42 Å². The zero-order valence-corrected chi connectivity index (χ0v) is 16.0. The van der Waals surface area contributed by atoms with Crippen molar-refractivity contribution >= 4 is 10.0 Å². The summed E-state index contributed by atoms with van der Waals surface area (Å²) in [5.74, 6) is 0. The van der Waals surface area contributed by atoms with Crippen molar-refractivity contribution in [3.05, 3.63) is 47.3 Å². The molecule has 0 bridgehead atoms. The monoisotopic (exact) mass is 362 g/mol. The van der Waals surface area contributed by atoms with Gasteiger partial charge < -0.3 is 0 Å². The van der Waals surface area contributed by atoms with Crippen molar-refractivity contribution in [3.63, 3.8) is 0 Å². The number of rotatable bonds is 5. The molecule has 0 unspecified atom stereocenters. The summed E-state index contributed by atoms with van der Waals surface area (Å²) in [5.41, 5.74) is 3.17. The van der Waals surface area contributed by atoms with Crippen molar-refractivity contribution in [2.24, 2.45) is 7.05 Å². The van der Waals surface area contributed by atoms with E-state index in [9.17, 15) is 8.42 Å². The lowest BCUT2D eigenvalue weighted by molar-refractivity contribution is 0.181. The fraction of sp³-hybridized carbons (Fsp3) is 0.500. The zero-order valence-electron chi connectivity index (χ0n) is 15.1. The zero-order chi connectivity index (χ0) is 18.0. The van der Waals surface area contributed by atoms with Crippen LogP contribution in [0.15, 0.2) is 35.4 Å². The van der Waals surface area contributed by atoms with Crippen molar-refractivity contribution in [1.29, 1.82) is 0 Å². The third kappa shape index (κ3) is 3.94. The molecule has 136 valence electrons. The lowest BCUT2D eigenvalue weighted by atomic mass is 10.1. The second kappa shape index (κ2) is 7.27. The topological polar surface area (TPSA) is 58.4 Å². The van der Waals surface area contributed by atoms with Gasteiger partial charge in [0.05, 0.1) is 5.69 Å². The van der Waals surface area contributed by atoms with Gasteiger partial charge in [0.15, 0.2) is 0 Å². The fourth-order valence-corrected chi connectivity index (χ4v) is 4.86. The van der Waals surface area contributed by atoms with Crippen LogP contribution in [0, 0.1) is 6.92 Å². The largest absolute Gasteiger partial charge is 0.296 e. The van der Waals surface area contributed by atoms with Crippen molar-refractivity contribution in [2.45, 2.75) is 31.7 Å². The molecule has 1 aliphatic rings. The van der Waals surface area contributed by atoms with Gasteiger partial charge in [0.25, 0.3) is 0 Å². The molecular weight excluding hydrogens is 336 g/mol. The highest BCUT2D eigenvalue weighted by molar-refractivity contribution is 7.89. The van der Waals surface area contributed by atoms with Gasteiger partial charge in [0, 0.05) is 46.0 Å². The molecule has 2 heterocycles. The molecule has 0 aliphatic carbocycles. The summed E-state index contributed by atoms with van der Waals surface area (Å²) in [7, 11) is -1.71. The van der Waals surface area contributed by atoms with Crippen molar-refractivity contribution in [1.82, 2.24) is 19.0 Å². The minimum Gasteiger partial charge on any atom is -0.296 e. The van der Waals surface area contributed by atoms with Crippen LogP contribution in [0.5, 0.6) is 0 Å². The Kier molecular flexibility index (Phi) is 5.27. The minimum absolute atomic E-state index is 0.318. The molecule has 0 N–H and O–H groups in total. The third-order valence-electron chi connectivity index (χ3n) is 4.75. The first-order chi connectivity index (χ1) is 11.9. The Morgan fingerprint density at radius 3 is 2.16 bits per heavy atom. The smallest absolute Gasteiger partial charge is 0.246 e. The Morgan fingerprint density at radius 1 is 1.04 bits per heavy atom. The number of hydrogen-bond donors (Lipinski definition) is 0. The lowest BCUT2D eigenvalue weighted by Gasteiger charge is -2.33. The summed E-state index contributed by atoms with van der Waals surface area (Å²) in [5, 5.41) is 4.16. The van der Waals surface area contributed by atoms with E-state index in [-0.39, 0.29) is 0 Å². The number of hydrogen-bond acceptors (Lipinski definition) is 4. The van der Waals surface area contributed by atoms with Gasteiger partial charge in [0.2, 0.25) is 10.0 Å². The fourth-order valence-electron chi connectivity index (χ4n) is 3.24. The number of sulfonamides is 1. The number of benzene rings is 1. The van der Waals surface area contributed by atoms with E-state index in [4.69, 9.17) is 0 Å². The van der Waals surface area contributed by atoms with Crippen LogP contribution < -0.4 is 0 Å². The molecule has 6 nitrogen and oxygen atoms in total. The van der Waals surface area contributed by atoms with Gasteiger partial charge in [-0.3, -0.25) is 9.58 Å². The van der Waals surface area contributed by atoms with E-state index < -0.39 is 10.0 Å². The molecule has 0 amide bonds. The maximum atomic E-state index is 12.8.